The van der Waals surface area contributed by atoms with Crippen LogP contribution in [-0.2, 0) is 27.2 Å². The fraction of sp³-hybridized carbons (Fsp3) is 0.611. The van der Waals surface area contributed by atoms with Crippen LogP contribution in [0.1, 0.15) is 55.5 Å². The van der Waals surface area contributed by atoms with Crippen molar-refractivity contribution < 1.29 is 27.5 Å². The molecule has 2 rings (SSSR count). The minimum absolute atomic E-state index is 0.0869. The van der Waals surface area contributed by atoms with Crippen molar-refractivity contribution in [1.29, 1.82) is 5.26 Å². The third-order valence-electron chi connectivity index (χ3n) is 4.49. The van der Waals surface area contributed by atoms with Gasteiger partial charge >= 0.3 is 17.8 Å². The van der Waals surface area contributed by atoms with E-state index >= 15 is 0 Å². The molecule has 1 atom stereocenters. The van der Waals surface area contributed by atoms with Gasteiger partial charge in [0.1, 0.15) is 11.1 Å². The van der Waals surface area contributed by atoms with E-state index in [9.17, 15) is 28.0 Å². The molecule has 0 bridgehead atoms. The average Bonchev–Trinajstić information content (AvgIpc) is 2.79. The first-order valence-corrected chi connectivity index (χ1v) is 9.89. The molecular weight excluding hydrogens is 395 g/mol. The van der Waals surface area contributed by atoms with Gasteiger partial charge in [-0.3, -0.25) is 4.79 Å². The zero-order chi connectivity index (χ0) is 20.9. The van der Waals surface area contributed by atoms with Gasteiger partial charge in [-0.05, 0) is 38.2 Å². The second-order valence-electron chi connectivity index (χ2n) is 6.38. The van der Waals surface area contributed by atoms with E-state index in [1.54, 1.807) is 5.32 Å². The van der Waals surface area contributed by atoms with E-state index < -0.39 is 23.7 Å². The topological polar surface area (TPSA) is 91.2 Å². The van der Waals surface area contributed by atoms with Crippen molar-refractivity contribution in [2.75, 3.05) is 11.9 Å². The van der Waals surface area contributed by atoms with Gasteiger partial charge in [0.25, 0.3) is 0 Å². The first-order valence-electron chi connectivity index (χ1n) is 9.07. The number of hydrogen-bond donors (Lipinski definition) is 2. The Hall–Kier alpha value is -2.28. The molecular formula is C18H22F3N3O3S. The van der Waals surface area contributed by atoms with E-state index in [0.717, 1.165) is 35.5 Å². The van der Waals surface area contributed by atoms with Crippen molar-refractivity contribution in [1.82, 2.24) is 5.32 Å². The van der Waals surface area contributed by atoms with Crippen LogP contribution in [0.4, 0.5) is 18.2 Å². The van der Waals surface area contributed by atoms with Gasteiger partial charge in [-0.1, -0.05) is 13.3 Å². The largest absolute Gasteiger partial charge is 0.463 e. The summed E-state index contributed by atoms with van der Waals surface area (Å²) < 4.78 is 46.8. The summed E-state index contributed by atoms with van der Waals surface area (Å²) in [6.45, 7) is 2.44. The number of halogens is 3. The molecule has 1 heterocycles. The molecule has 6 nitrogen and oxygen atoms in total. The number of esters is 1. The lowest BCUT2D eigenvalue weighted by Crippen LogP contribution is -2.69. The van der Waals surface area contributed by atoms with Crippen LogP contribution in [0.2, 0.25) is 0 Å². The first-order chi connectivity index (χ1) is 13.2. The SMILES string of the molecule is CCOC(=O)C(NC(=O)CC)(Nc1sc2c(c1C#N)CCCCC2)C(F)(F)F. The lowest BCUT2D eigenvalue weighted by Gasteiger charge is -2.34. The molecule has 0 saturated heterocycles. The zero-order valence-electron chi connectivity index (χ0n) is 15.7. The molecule has 0 aliphatic heterocycles. The Balaban J connectivity index is 2.57. The summed E-state index contributed by atoms with van der Waals surface area (Å²) >= 11 is 1.02. The average molecular weight is 417 g/mol. The standard InChI is InChI=1S/C18H22F3N3O3S/c1-3-14(25)23-17(18(19,20)21,16(26)27-4-2)24-15-12(10-22)11-8-6-5-7-9-13(11)28-15/h24H,3-9H2,1-2H3,(H,23,25). The van der Waals surface area contributed by atoms with Crippen molar-refractivity contribution in [3.63, 3.8) is 0 Å². The molecule has 0 spiro atoms. The number of nitrogens with zero attached hydrogens (tertiary/aromatic N) is 1. The van der Waals surface area contributed by atoms with Crippen LogP contribution in [0.3, 0.4) is 0 Å². The fourth-order valence-corrected chi connectivity index (χ4v) is 4.34. The quantitative estimate of drug-likeness (QED) is 0.419. The number of carbonyl (C=O) groups excluding carboxylic acids is 2. The number of aryl methyl sites for hydroxylation is 1. The highest BCUT2D eigenvalue weighted by molar-refractivity contribution is 7.16. The summed E-state index contributed by atoms with van der Waals surface area (Å²) in [5.41, 5.74) is -2.66. The zero-order valence-corrected chi connectivity index (χ0v) is 16.5. The molecule has 1 aliphatic rings. The highest BCUT2D eigenvalue weighted by Gasteiger charge is 2.64. The smallest absolute Gasteiger partial charge is 0.441 e. The van der Waals surface area contributed by atoms with E-state index in [1.807, 2.05) is 6.07 Å². The predicted molar refractivity (Wildman–Crippen MR) is 97.8 cm³/mol. The normalized spacial score (nSPS) is 16.1. The predicted octanol–water partition coefficient (Wildman–Crippen LogP) is 3.65. The number of hydrogen-bond acceptors (Lipinski definition) is 6. The molecule has 1 aromatic heterocycles. The van der Waals surface area contributed by atoms with Crippen LogP contribution >= 0.6 is 11.3 Å². The van der Waals surface area contributed by atoms with Gasteiger partial charge in [0.05, 0.1) is 12.2 Å². The van der Waals surface area contributed by atoms with Crippen molar-refractivity contribution in [2.24, 2.45) is 0 Å². The minimum Gasteiger partial charge on any atom is -0.463 e. The van der Waals surface area contributed by atoms with Gasteiger partial charge in [0, 0.05) is 11.3 Å². The number of fused-ring (bicyclic) bond motifs is 1. The van der Waals surface area contributed by atoms with E-state index in [2.05, 4.69) is 10.1 Å². The fourth-order valence-electron chi connectivity index (χ4n) is 3.05. The lowest BCUT2D eigenvalue weighted by molar-refractivity contribution is -0.207. The number of rotatable bonds is 6. The first kappa shape index (κ1) is 22.0. The molecule has 2 N–H and O–H groups in total. The van der Waals surface area contributed by atoms with Crippen LogP contribution < -0.4 is 10.6 Å². The van der Waals surface area contributed by atoms with Crippen LogP contribution in [0.15, 0.2) is 0 Å². The number of amides is 1. The molecule has 0 radical (unpaired) electrons. The maximum absolute atomic E-state index is 14.1. The van der Waals surface area contributed by atoms with Gasteiger partial charge < -0.3 is 15.4 Å². The lowest BCUT2D eigenvalue weighted by atomic mass is 10.1. The molecule has 0 fully saturated rings. The third-order valence-corrected chi connectivity index (χ3v) is 5.70. The number of alkyl halides is 3. The number of anilines is 1. The van der Waals surface area contributed by atoms with Crippen molar-refractivity contribution in [3.05, 3.63) is 16.0 Å². The second-order valence-corrected chi connectivity index (χ2v) is 7.48. The summed E-state index contributed by atoms with van der Waals surface area (Å²) in [6, 6.07) is 1.96. The summed E-state index contributed by atoms with van der Waals surface area (Å²) in [4.78, 5) is 25.0. The van der Waals surface area contributed by atoms with E-state index in [1.165, 1.54) is 13.8 Å². The van der Waals surface area contributed by atoms with E-state index in [0.29, 0.717) is 18.4 Å². The number of carbonyl (C=O) groups is 2. The Kier molecular flexibility index (Phi) is 6.93. The van der Waals surface area contributed by atoms with Gasteiger partial charge in [-0.25, -0.2) is 4.79 Å². The molecule has 1 amide bonds. The van der Waals surface area contributed by atoms with E-state index in [-0.39, 0.29) is 23.6 Å². The van der Waals surface area contributed by atoms with Crippen LogP contribution in [0.5, 0.6) is 0 Å². The number of thiophene rings is 1. The Bertz CT molecular complexity index is 786. The van der Waals surface area contributed by atoms with Crippen LogP contribution in [0.25, 0.3) is 0 Å². The Morgan fingerprint density at radius 1 is 1.21 bits per heavy atom. The maximum atomic E-state index is 14.1. The molecule has 1 aromatic rings. The molecule has 154 valence electrons. The van der Waals surface area contributed by atoms with E-state index in [4.69, 9.17) is 0 Å². The maximum Gasteiger partial charge on any atom is 0.441 e. The number of nitrogens with one attached hydrogen (secondary N) is 2. The summed E-state index contributed by atoms with van der Waals surface area (Å²) in [7, 11) is 0. The molecule has 1 aliphatic carbocycles. The Labute approximate surface area is 165 Å². The Morgan fingerprint density at radius 2 is 1.89 bits per heavy atom. The molecule has 1 unspecified atom stereocenters. The van der Waals surface area contributed by atoms with Crippen molar-refractivity contribution in [3.8, 4) is 6.07 Å². The summed E-state index contributed by atoms with van der Waals surface area (Å²) in [5, 5.41) is 13.4. The Morgan fingerprint density at radius 3 is 2.46 bits per heavy atom. The number of nitriles is 1. The molecule has 10 heteroatoms. The monoisotopic (exact) mass is 417 g/mol. The molecule has 0 saturated carbocycles. The summed E-state index contributed by atoms with van der Waals surface area (Å²) in [5.74, 6) is -2.65. The second kappa shape index (κ2) is 8.82. The van der Waals surface area contributed by atoms with Gasteiger partial charge in [-0.15, -0.1) is 11.3 Å². The van der Waals surface area contributed by atoms with Crippen molar-refractivity contribution in [2.45, 2.75) is 64.2 Å². The van der Waals surface area contributed by atoms with Gasteiger partial charge in [0.15, 0.2) is 0 Å². The minimum atomic E-state index is -5.20. The third kappa shape index (κ3) is 4.24. The van der Waals surface area contributed by atoms with Gasteiger partial charge in [0.2, 0.25) is 5.91 Å². The van der Waals surface area contributed by atoms with Gasteiger partial charge in [-0.2, -0.15) is 18.4 Å². The summed E-state index contributed by atoms with van der Waals surface area (Å²) in [6.07, 6.45) is -1.49. The number of ether oxygens (including phenoxy) is 1. The van der Waals surface area contributed by atoms with Crippen LogP contribution in [0, 0.1) is 11.3 Å². The highest BCUT2D eigenvalue weighted by Crippen LogP contribution is 2.41. The molecule has 0 aromatic carbocycles. The highest BCUT2D eigenvalue weighted by atomic mass is 32.1. The van der Waals surface area contributed by atoms with Crippen molar-refractivity contribution >= 4 is 28.2 Å². The molecule has 28 heavy (non-hydrogen) atoms. The van der Waals surface area contributed by atoms with Crippen LogP contribution in [-0.4, -0.2) is 30.3 Å².